The average Bonchev–Trinajstić information content (AvgIpc) is 2.42. The minimum absolute atomic E-state index is 0.687. The van der Waals surface area contributed by atoms with Gasteiger partial charge in [-0.15, -0.1) is 0 Å². The number of methoxy groups -OCH3 is 3. The highest BCUT2D eigenvalue weighted by molar-refractivity contribution is 6.30. The second-order valence-corrected chi connectivity index (χ2v) is 4.65. The van der Waals surface area contributed by atoms with Gasteiger partial charge in [0.25, 0.3) is 0 Å². The third-order valence-corrected chi connectivity index (χ3v) is 3.09. The van der Waals surface area contributed by atoms with Crippen molar-refractivity contribution < 1.29 is 14.2 Å². The van der Waals surface area contributed by atoms with E-state index in [1.165, 1.54) is 0 Å². The predicted molar refractivity (Wildman–Crippen MR) is 77.0 cm³/mol. The van der Waals surface area contributed by atoms with E-state index in [2.05, 4.69) is 4.90 Å². The molecule has 1 rings (SSSR count). The molecule has 0 spiro atoms. The lowest BCUT2D eigenvalue weighted by Crippen LogP contribution is -2.30. The van der Waals surface area contributed by atoms with Gasteiger partial charge >= 0.3 is 0 Å². The Morgan fingerprint density at radius 1 is 1.05 bits per heavy atom. The van der Waals surface area contributed by atoms with Crippen LogP contribution in [-0.2, 0) is 16.0 Å². The molecule has 0 aliphatic rings. The summed E-state index contributed by atoms with van der Waals surface area (Å²) >= 11 is 6.04. The Labute approximate surface area is 120 Å². The van der Waals surface area contributed by atoms with Gasteiger partial charge < -0.3 is 14.2 Å². The second-order valence-electron chi connectivity index (χ2n) is 4.22. The fourth-order valence-corrected chi connectivity index (χ4v) is 2.02. The fourth-order valence-electron chi connectivity index (χ4n) is 1.82. The van der Waals surface area contributed by atoms with Crippen LogP contribution in [0.3, 0.4) is 0 Å². The van der Waals surface area contributed by atoms with Crippen LogP contribution in [0.1, 0.15) is 5.56 Å². The van der Waals surface area contributed by atoms with E-state index in [4.69, 9.17) is 25.8 Å². The second kappa shape index (κ2) is 9.15. The van der Waals surface area contributed by atoms with Crippen molar-refractivity contribution in [2.45, 2.75) is 6.54 Å². The Balaban J connectivity index is 2.72. The molecule has 0 atom stereocenters. The van der Waals surface area contributed by atoms with Gasteiger partial charge in [0.05, 0.1) is 20.3 Å². The average molecular weight is 288 g/mol. The summed E-state index contributed by atoms with van der Waals surface area (Å²) in [7, 11) is 5.07. The summed E-state index contributed by atoms with van der Waals surface area (Å²) in [4.78, 5) is 2.25. The fraction of sp³-hybridized carbons (Fsp3) is 0.571. The molecule has 0 radical (unpaired) electrons. The largest absolute Gasteiger partial charge is 0.496 e. The zero-order valence-electron chi connectivity index (χ0n) is 11.8. The molecule has 0 heterocycles. The molecule has 1 aromatic carbocycles. The molecule has 0 fully saturated rings. The SMILES string of the molecule is COCCN(CCOC)Cc1cc(Cl)ccc1OC. The molecule has 0 bridgehead atoms. The Morgan fingerprint density at radius 2 is 1.68 bits per heavy atom. The van der Waals surface area contributed by atoms with Crippen molar-refractivity contribution >= 4 is 11.6 Å². The Kier molecular flexibility index (Phi) is 7.82. The van der Waals surface area contributed by atoms with E-state index in [1.807, 2.05) is 18.2 Å². The molecule has 0 aliphatic heterocycles. The molecular formula is C14H22ClNO3. The maximum absolute atomic E-state index is 6.04. The zero-order chi connectivity index (χ0) is 14.1. The Bertz CT molecular complexity index is 366. The van der Waals surface area contributed by atoms with Crippen LogP contribution in [0.25, 0.3) is 0 Å². The first kappa shape index (κ1) is 16.2. The first-order chi connectivity index (χ1) is 9.21. The highest BCUT2D eigenvalue weighted by Crippen LogP contribution is 2.23. The normalized spacial score (nSPS) is 11.0. The molecule has 19 heavy (non-hydrogen) atoms. The van der Waals surface area contributed by atoms with E-state index in [0.717, 1.165) is 30.9 Å². The van der Waals surface area contributed by atoms with Crippen LogP contribution in [0.2, 0.25) is 5.02 Å². The van der Waals surface area contributed by atoms with Crippen molar-refractivity contribution in [3.8, 4) is 5.75 Å². The third kappa shape index (κ3) is 5.78. The summed E-state index contributed by atoms with van der Waals surface area (Å²) in [5.74, 6) is 0.851. The summed E-state index contributed by atoms with van der Waals surface area (Å²) in [6.45, 7) is 3.82. The lowest BCUT2D eigenvalue weighted by atomic mass is 10.2. The molecule has 4 nitrogen and oxygen atoms in total. The van der Waals surface area contributed by atoms with Gasteiger partial charge in [-0.05, 0) is 18.2 Å². The van der Waals surface area contributed by atoms with Crippen LogP contribution < -0.4 is 4.74 Å². The number of halogens is 1. The molecule has 0 unspecified atom stereocenters. The molecular weight excluding hydrogens is 266 g/mol. The van der Waals surface area contributed by atoms with Crippen molar-refractivity contribution in [2.24, 2.45) is 0 Å². The summed E-state index contributed by atoms with van der Waals surface area (Å²) in [6.07, 6.45) is 0. The summed E-state index contributed by atoms with van der Waals surface area (Å²) in [5.41, 5.74) is 1.07. The van der Waals surface area contributed by atoms with Crippen LogP contribution in [0.15, 0.2) is 18.2 Å². The molecule has 0 amide bonds. The number of benzene rings is 1. The summed E-state index contributed by atoms with van der Waals surface area (Å²) in [5, 5.41) is 0.717. The van der Waals surface area contributed by atoms with Crippen LogP contribution in [0.5, 0.6) is 5.75 Å². The number of hydrogen-bond acceptors (Lipinski definition) is 4. The van der Waals surface area contributed by atoms with Gasteiger partial charge in [0, 0.05) is 44.4 Å². The number of nitrogens with zero attached hydrogens (tertiary/aromatic N) is 1. The van der Waals surface area contributed by atoms with Gasteiger partial charge in [-0.2, -0.15) is 0 Å². The first-order valence-electron chi connectivity index (χ1n) is 6.24. The van der Waals surface area contributed by atoms with E-state index in [9.17, 15) is 0 Å². The molecule has 0 N–H and O–H groups in total. The van der Waals surface area contributed by atoms with E-state index >= 15 is 0 Å². The van der Waals surface area contributed by atoms with Crippen molar-refractivity contribution in [3.63, 3.8) is 0 Å². The topological polar surface area (TPSA) is 30.9 Å². The summed E-state index contributed by atoms with van der Waals surface area (Å²) < 4.78 is 15.6. The zero-order valence-corrected chi connectivity index (χ0v) is 12.6. The van der Waals surface area contributed by atoms with Gasteiger partial charge in [-0.1, -0.05) is 11.6 Å². The molecule has 0 saturated heterocycles. The standard InChI is InChI=1S/C14H22ClNO3/c1-17-8-6-16(7-9-18-2)11-12-10-13(15)4-5-14(12)19-3/h4-5,10H,6-9,11H2,1-3H3. The number of hydrogen-bond donors (Lipinski definition) is 0. The lowest BCUT2D eigenvalue weighted by molar-refractivity contribution is 0.110. The van der Waals surface area contributed by atoms with Gasteiger partial charge in [0.1, 0.15) is 5.75 Å². The maximum Gasteiger partial charge on any atom is 0.123 e. The third-order valence-electron chi connectivity index (χ3n) is 2.86. The van der Waals surface area contributed by atoms with Crippen LogP contribution in [-0.4, -0.2) is 52.5 Å². The minimum Gasteiger partial charge on any atom is -0.496 e. The van der Waals surface area contributed by atoms with Crippen LogP contribution in [0, 0.1) is 0 Å². The molecule has 108 valence electrons. The van der Waals surface area contributed by atoms with Crippen molar-refractivity contribution in [2.75, 3.05) is 47.6 Å². The number of ether oxygens (including phenoxy) is 3. The molecule has 0 saturated carbocycles. The Hall–Kier alpha value is -0.810. The molecule has 0 aromatic heterocycles. The monoisotopic (exact) mass is 287 g/mol. The molecule has 0 aliphatic carbocycles. The number of rotatable bonds is 9. The van der Waals surface area contributed by atoms with Crippen LogP contribution in [0.4, 0.5) is 0 Å². The van der Waals surface area contributed by atoms with Gasteiger partial charge in [-0.25, -0.2) is 0 Å². The smallest absolute Gasteiger partial charge is 0.123 e. The van der Waals surface area contributed by atoms with E-state index in [1.54, 1.807) is 21.3 Å². The maximum atomic E-state index is 6.04. The van der Waals surface area contributed by atoms with Gasteiger partial charge in [0.15, 0.2) is 0 Å². The quantitative estimate of drug-likeness (QED) is 0.698. The first-order valence-corrected chi connectivity index (χ1v) is 6.61. The highest BCUT2D eigenvalue weighted by Gasteiger charge is 2.10. The van der Waals surface area contributed by atoms with E-state index in [0.29, 0.717) is 18.2 Å². The molecule has 5 heteroatoms. The predicted octanol–water partition coefficient (Wildman–Crippen LogP) is 2.44. The van der Waals surface area contributed by atoms with Gasteiger partial charge in [0.2, 0.25) is 0 Å². The minimum atomic E-state index is 0.687. The molecule has 1 aromatic rings. The van der Waals surface area contributed by atoms with Crippen molar-refractivity contribution in [1.82, 2.24) is 4.90 Å². The van der Waals surface area contributed by atoms with Crippen molar-refractivity contribution in [1.29, 1.82) is 0 Å². The Morgan fingerprint density at radius 3 is 2.21 bits per heavy atom. The van der Waals surface area contributed by atoms with Gasteiger partial charge in [-0.3, -0.25) is 4.90 Å². The van der Waals surface area contributed by atoms with E-state index in [-0.39, 0.29) is 0 Å². The lowest BCUT2D eigenvalue weighted by Gasteiger charge is -2.22. The van der Waals surface area contributed by atoms with Crippen LogP contribution >= 0.6 is 11.6 Å². The van der Waals surface area contributed by atoms with E-state index < -0.39 is 0 Å². The highest BCUT2D eigenvalue weighted by atomic mass is 35.5. The summed E-state index contributed by atoms with van der Waals surface area (Å²) in [6, 6.07) is 5.66. The van der Waals surface area contributed by atoms with Crippen molar-refractivity contribution in [3.05, 3.63) is 28.8 Å².